The van der Waals surface area contributed by atoms with Crippen LogP contribution in [0.1, 0.15) is 19.4 Å². The Bertz CT molecular complexity index is 855. The molecule has 0 aliphatic heterocycles. The van der Waals surface area contributed by atoms with Crippen molar-refractivity contribution < 1.29 is 14.3 Å². The van der Waals surface area contributed by atoms with Crippen molar-refractivity contribution in [2.24, 2.45) is 0 Å². The molecule has 0 spiro atoms. The van der Waals surface area contributed by atoms with E-state index in [4.69, 9.17) is 32.7 Å². The van der Waals surface area contributed by atoms with Gasteiger partial charge in [0, 0.05) is 6.54 Å². The van der Waals surface area contributed by atoms with Crippen LogP contribution in [0.15, 0.2) is 29.2 Å². The Kier molecular flexibility index (Phi) is 7.94. The van der Waals surface area contributed by atoms with Crippen molar-refractivity contribution in [2.75, 3.05) is 19.8 Å². The van der Waals surface area contributed by atoms with Gasteiger partial charge in [-0.2, -0.15) is 5.10 Å². The van der Waals surface area contributed by atoms with Crippen LogP contribution < -0.4 is 20.3 Å². The lowest BCUT2D eigenvalue weighted by Crippen LogP contribution is -2.34. The molecule has 1 aromatic heterocycles. The SMILES string of the molecule is CCOc1ccc(CCNC(=O)Cn2ncc(Cl)c(Cl)c2=O)cc1OCC. The molecule has 0 radical (unpaired) electrons. The Morgan fingerprint density at radius 3 is 2.59 bits per heavy atom. The van der Waals surface area contributed by atoms with Crippen molar-refractivity contribution in [2.45, 2.75) is 26.8 Å². The molecule has 9 heteroatoms. The number of amides is 1. The summed E-state index contributed by atoms with van der Waals surface area (Å²) in [5.74, 6) is 1.02. The van der Waals surface area contributed by atoms with Crippen molar-refractivity contribution in [3.05, 3.63) is 50.4 Å². The zero-order chi connectivity index (χ0) is 19.8. The summed E-state index contributed by atoms with van der Waals surface area (Å²) >= 11 is 11.5. The van der Waals surface area contributed by atoms with Crippen LogP contribution in [0.25, 0.3) is 0 Å². The minimum Gasteiger partial charge on any atom is -0.490 e. The molecule has 7 nitrogen and oxygen atoms in total. The van der Waals surface area contributed by atoms with E-state index in [1.165, 1.54) is 6.20 Å². The third-order valence-corrected chi connectivity index (χ3v) is 4.33. The molecule has 0 fully saturated rings. The molecule has 0 atom stereocenters. The molecule has 0 saturated heterocycles. The van der Waals surface area contributed by atoms with E-state index in [1.54, 1.807) is 0 Å². The number of hydrogen-bond acceptors (Lipinski definition) is 5. The summed E-state index contributed by atoms with van der Waals surface area (Å²) in [6.07, 6.45) is 1.83. The summed E-state index contributed by atoms with van der Waals surface area (Å²) in [5, 5.41) is 6.45. The number of rotatable bonds is 9. The lowest BCUT2D eigenvalue weighted by Gasteiger charge is -2.12. The maximum absolute atomic E-state index is 12.0. The molecule has 0 bridgehead atoms. The number of hydrogen-bond donors (Lipinski definition) is 1. The number of nitrogens with one attached hydrogen (secondary N) is 1. The smallest absolute Gasteiger partial charge is 0.287 e. The second kappa shape index (κ2) is 10.2. The van der Waals surface area contributed by atoms with Crippen LogP contribution in [-0.4, -0.2) is 35.4 Å². The van der Waals surface area contributed by atoms with Crippen molar-refractivity contribution in [3.63, 3.8) is 0 Å². The maximum atomic E-state index is 12.0. The summed E-state index contributed by atoms with van der Waals surface area (Å²) in [6, 6.07) is 5.67. The normalized spacial score (nSPS) is 10.5. The monoisotopic (exact) mass is 413 g/mol. The highest BCUT2D eigenvalue weighted by Crippen LogP contribution is 2.28. The summed E-state index contributed by atoms with van der Waals surface area (Å²) in [7, 11) is 0. The second-order valence-electron chi connectivity index (χ2n) is 5.52. The Morgan fingerprint density at radius 1 is 1.19 bits per heavy atom. The van der Waals surface area contributed by atoms with E-state index in [2.05, 4.69) is 10.4 Å². The van der Waals surface area contributed by atoms with Gasteiger partial charge in [0.15, 0.2) is 11.5 Å². The Labute approximate surface area is 167 Å². The van der Waals surface area contributed by atoms with Gasteiger partial charge in [-0.1, -0.05) is 29.3 Å². The Morgan fingerprint density at radius 2 is 1.89 bits per heavy atom. The molecule has 0 aliphatic carbocycles. The number of ether oxygens (including phenoxy) is 2. The van der Waals surface area contributed by atoms with E-state index >= 15 is 0 Å². The van der Waals surface area contributed by atoms with Crippen LogP contribution in [0, 0.1) is 0 Å². The van der Waals surface area contributed by atoms with E-state index in [1.807, 2.05) is 32.0 Å². The van der Waals surface area contributed by atoms with Crippen LogP contribution in [0.3, 0.4) is 0 Å². The van der Waals surface area contributed by atoms with Crippen molar-refractivity contribution in [3.8, 4) is 11.5 Å². The Hall–Kier alpha value is -2.25. The molecule has 0 saturated carbocycles. The number of halogens is 2. The van der Waals surface area contributed by atoms with Crippen LogP contribution in [0.2, 0.25) is 10.0 Å². The predicted molar refractivity (Wildman–Crippen MR) is 104 cm³/mol. The van der Waals surface area contributed by atoms with Crippen molar-refractivity contribution in [1.29, 1.82) is 0 Å². The summed E-state index contributed by atoms with van der Waals surface area (Å²) in [6.45, 7) is 5.07. The topological polar surface area (TPSA) is 82.5 Å². The highest BCUT2D eigenvalue weighted by atomic mass is 35.5. The Balaban J connectivity index is 1.92. The summed E-state index contributed by atoms with van der Waals surface area (Å²) in [4.78, 5) is 23.9. The molecule has 27 heavy (non-hydrogen) atoms. The number of carbonyl (C=O) groups is 1. The van der Waals surface area contributed by atoms with E-state index in [-0.39, 0.29) is 22.5 Å². The molecule has 2 rings (SSSR count). The van der Waals surface area contributed by atoms with Gasteiger partial charge >= 0.3 is 0 Å². The quantitative estimate of drug-likeness (QED) is 0.683. The largest absolute Gasteiger partial charge is 0.490 e. The van der Waals surface area contributed by atoms with E-state index in [9.17, 15) is 9.59 Å². The van der Waals surface area contributed by atoms with Gasteiger partial charge in [-0.05, 0) is 38.0 Å². The van der Waals surface area contributed by atoms with Gasteiger partial charge in [0.2, 0.25) is 5.91 Å². The van der Waals surface area contributed by atoms with Gasteiger partial charge in [-0.25, -0.2) is 4.68 Å². The van der Waals surface area contributed by atoms with Crippen LogP contribution in [-0.2, 0) is 17.8 Å². The first-order valence-electron chi connectivity index (χ1n) is 8.52. The highest BCUT2D eigenvalue weighted by Gasteiger charge is 2.11. The third-order valence-electron chi connectivity index (χ3n) is 3.58. The molecule has 1 amide bonds. The minimum absolute atomic E-state index is 0.0546. The number of nitrogens with zero attached hydrogens (tertiary/aromatic N) is 2. The van der Waals surface area contributed by atoms with Gasteiger partial charge in [0.1, 0.15) is 11.6 Å². The zero-order valence-corrected chi connectivity index (χ0v) is 16.6. The molecular formula is C18H21Cl2N3O4. The van der Waals surface area contributed by atoms with Crippen LogP contribution in [0.5, 0.6) is 11.5 Å². The average molecular weight is 414 g/mol. The molecule has 1 N–H and O–H groups in total. The molecule has 0 unspecified atom stereocenters. The summed E-state index contributed by atoms with van der Waals surface area (Å²) < 4.78 is 12.1. The highest BCUT2D eigenvalue weighted by molar-refractivity contribution is 6.41. The molecule has 0 aliphatic rings. The molecule has 1 aromatic carbocycles. The van der Waals surface area contributed by atoms with Crippen LogP contribution >= 0.6 is 23.2 Å². The number of benzene rings is 1. The average Bonchev–Trinajstić information content (AvgIpc) is 2.64. The molecule has 2 aromatic rings. The van der Waals surface area contributed by atoms with Gasteiger partial charge < -0.3 is 14.8 Å². The first-order valence-corrected chi connectivity index (χ1v) is 9.28. The van der Waals surface area contributed by atoms with E-state index in [0.717, 1.165) is 10.2 Å². The number of carbonyl (C=O) groups excluding carboxylic acids is 1. The third kappa shape index (κ3) is 5.87. The molecule has 146 valence electrons. The second-order valence-corrected chi connectivity index (χ2v) is 6.30. The van der Waals surface area contributed by atoms with Gasteiger partial charge in [0.25, 0.3) is 5.56 Å². The first kappa shape index (κ1) is 21.1. The van der Waals surface area contributed by atoms with Gasteiger partial charge in [-0.15, -0.1) is 0 Å². The molecular weight excluding hydrogens is 393 g/mol. The molecule has 1 heterocycles. The van der Waals surface area contributed by atoms with Gasteiger partial charge in [-0.3, -0.25) is 9.59 Å². The van der Waals surface area contributed by atoms with Gasteiger partial charge in [0.05, 0.1) is 24.4 Å². The van der Waals surface area contributed by atoms with E-state index in [0.29, 0.717) is 37.7 Å². The van der Waals surface area contributed by atoms with E-state index < -0.39 is 5.56 Å². The first-order chi connectivity index (χ1) is 13.0. The lowest BCUT2D eigenvalue weighted by atomic mass is 10.1. The summed E-state index contributed by atoms with van der Waals surface area (Å²) in [5.41, 5.74) is 0.388. The number of aromatic nitrogens is 2. The fraction of sp³-hybridized carbons (Fsp3) is 0.389. The van der Waals surface area contributed by atoms with Crippen LogP contribution in [0.4, 0.5) is 0 Å². The fourth-order valence-electron chi connectivity index (χ4n) is 2.35. The maximum Gasteiger partial charge on any atom is 0.287 e. The van der Waals surface area contributed by atoms with Crippen molar-refractivity contribution >= 4 is 29.1 Å². The standard InChI is InChI=1S/C18H21Cl2N3O4/c1-3-26-14-6-5-12(9-15(14)27-4-2)7-8-21-16(24)11-23-18(25)17(20)13(19)10-22-23/h5-6,9-10H,3-4,7-8,11H2,1-2H3,(H,21,24). The predicted octanol–water partition coefficient (Wildman–Crippen LogP) is 2.71. The fourth-order valence-corrected chi connectivity index (χ4v) is 2.62. The van der Waals surface area contributed by atoms with Crippen molar-refractivity contribution in [1.82, 2.24) is 15.1 Å². The minimum atomic E-state index is -0.604. The zero-order valence-electron chi connectivity index (χ0n) is 15.1. The lowest BCUT2D eigenvalue weighted by molar-refractivity contribution is -0.121.